The molecule has 1 aromatic rings. The molecule has 0 saturated heterocycles. The van der Waals surface area contributed by atoms with E-state index in [-0.39, 0.29) is 55.3 Å². The van der Waals surface area contributed by atoms with Gasteiger partial charge in [0.2, 0.25) is 0 Å². The van der Waals surface area contributed by atoms with Crippen LogP contribution < -0.4 is 34.3 Å². The zero-order chi connectivity index (χ0) is 17.1. The van der Waals surface area contributed by atoms with Crippen molar-refractivity contribution in [3.05, 3.63) is 33.9 Å². The molecule has 1 aliphatic heterocycles. The van der Waals surface area contributed by atoms with Gasteiger partial charge in [0, 0.05) is 17.5 Å². The number of hydrogen-bond acceptors (Lipinski definition) is 5. The molecule has 1 heterocycles. The number of rotatable bonds is 6. The summed E-state index contributed by atoms with van der Waals surface area (Å²) in [7, 11) is 1.51. The standard InChI is InChI=1S/C17H20O6.Na.H/c1-9(5-7-13(18)19)4-6-11-15(20)14-12(8-23-17(14)21)10(2)16(11)22-3;;/h4,20H,5-8H2,1-3H3,(H,18,19);;/q;+1;-1/b9-4+;;. The maximum Gasteiger partial charge on any atom is 1.00 e. The van der Waals surface area contributed by atoms with E-state index < -0.39 is 11.9 Å². The number of phenols is 1. The van der Waals surface area contributed by atoms with E-state index in [1.807, 2.05) is 19.9 Å². The number of aromatic hydroxyl groups is 1. The number of esters is 1. The van der Waals surface area contributed by atoms with Crippen LogP contribution in [0.5, 0.6) is 11.5 Å². The summed E-state index contributed by atoms with van der Waals surface area (Å²) in [5.74, 6) is -0.973. The number of aliphatic carboxylic acids is 1. The van der Waals surface area contributed by atoms with Crippen LogP contribution in [0.3, 0.4) is 0 Å². The molecule has 0 aromatic heterocycles. The molecular formula is C17H21NaO6. The van der Waals surface area contributed by atoms with Crippen LogP contribution >= 0.6 is 0 Å². The van der Waals surface area contributed by atoms with E-state index in [1.165, 1.54) is 7.11 Å². The number of carbonyl (C=O) groups is 2. The van der Waals surface area contributed by atoms with Crippen molar-refractivity contribution >= 4 is 11.9 Å². The molecule has 0 fully saturated rings. The number of carboxylic acid groups (broad SMARTS) is 1. The zero-order valence-electron chi connectivity index (χ0n) is 15.4. The molecule has 6 nitrogen and oxygen atoms in total. The topological polar surface area (TPSA) is 93.1 Å². The summed E-state index contributed by atoms with van der Waals surface area (Å²) in [6.07, 6.45) is 2.68. The third kappa shape index (κ3) is 4.12. The van der Waals surface area contributed by atoms with Gasteiger partial charge in [-0.15, -0.1) is 0 Å². The van der Waals surface area contributed by atoms with Crippen molar-refractivity contribution in [2.75, 3.05) is 7.11 Å². The molecule has 2 N–H and O–H groups in total. The SMILES string of the molecule is COc1c(C)c2c(c(O)c1C/C=C(\C)CCC(=O)O)C(=O)OC2.[H-].[Na+]. The number of allylic oxidation sites excluding steroid dienone is 2. The maximum absolute atomic E-state index is 11.8. The second-order valence-corrected chi connectivity index (χ2v) is 5.56. The van der Waals surface area contributed by atoms with Gasteiger partial charge in [0.05, 0.1) is 7.11 Å². The summed E-state index contributed by atoms with van der Waals surface area (Å²) in [5, 5.41) is 19.1. The van der Waals surface area contributed by atoms with E-state index >= 15 is 0 Å². The van der Waals surface area contributed by atoms with Crippen LogP contribution in [-0.2, 0) is 22.6 Å². The summed E-state index contributed by atoms with van der Waals surface area (Å²) >= 11 is 0. The first-order valence-electron chi connectivity index (χ1n) is 7.32. The molecule has 24 heavy (non-hydrogen) atoms. The first-order valence-corrected chi connectivity index (χ1v) is 7.32. The fourth-order valence-electron chi connectivity index (χ4n) is 2.71. The van der Waals surface area contributed by atoms with Gasteiger partial charge >= 0.3 is 41.5 Å². The molecule has 1 aliphatic rings. The summed E-state index contributed by atoms with van der Waals surface area (Å²) < 4.78 is 10.4. The van der Waals surface area contributed by atoms with Crippen LogP contribution in [-0.4, -0.2) is 29.3 Å². The van der Waals surface area contributed by atoms with Crippen molar-refractivity contribution in [1.82, 2.24) is 0 Å². The average molecular weight is 344 g/mol. The fourth-order valence-corrected chi connectivity index (χ4v) is 2.71. The largest absolute Gasteiger partial charge is 1.00 e. The Bertz CT molecular complexity index is 699. The molecule has 2 rings (SSSR count). The van der Waals surface area contributed by atoms with E-state index in [2.05, 4.69) is 0 Å². The van der Waals surface area contributed by atoms with Gasteiger partial charge in [0.25, 0.3) is 0 Å². The molecule has 126 valence electrons. The molecule has 0 unspecified atom stereocenters. The number of methoxy groups -OCH3 is 1. The first kappa shape index (κ1) is 20.5. The molecule has 0 bridgehead atoms. The molecule has 0 saturated carbocycles. The van der Waals surface area contributed by atoms with Gasteiger partial charge in [0.15, 0.2) is 0 Å². The van der Waals surface area contributed by atoms with Gasteiger partial charge in [-0.1, -0.05) is 11.6 Å². The minimum absolute atomic E-state index is 0. The maximum atomic E-state index is 11.8. The van der Waals surface area contributed by atoms with Crippen LogP contribution in [0.4, 0.5) is 0 Å². The minimum Gasteiger partial charge on any atom is -1.00 e. The van der Waals surface area contributed by atoms with Gasteiger partial charge in [-0.25, -0.2) is 4.79 Å². The first-order chi connectivity index (χ1) is 10.9. The van der Waals surface area contributed by atoms with Crippen molar-refractivity contribution in [2.45, 2.75) is 39.7 Å². The van der Waals surface area contributed by atoms with Crippen molar-refractivity contribution in [1.29, 1.82) is 0 Å². The Morgan fingerprint density at radius 2 is 2.08 bits per heavy atom. The van der Waals surface area contributed by atoms with E-state index in [1.54, 1.807) is 0 Å². The predicted octanol–water partition coefficient (Wildman–Crippen LogP) is -0.150. The Balaban J connectivity index is 0.00000288. The predicted molar refractivity (Wildman–Crippen MR) is 84.0 cm³/mol. The van der Waals surface area contributed by atoms with Crippen molar-refractivity contribution in [3.8, 4) is 11.5 Å². The van der Waals surface area contributed by atoms with Crippen LogP contribution in [0.1, 0.15) is 48.2 Å². The molecule has 0 atom stereocenters. The Hall–Kier alpha value is -1.50. The number of carboxylic acids is 1. The van der Waals surface area contributed by atoms with E-state index in [4.69, 9.17) is 14.6 Å². The monoisotopic (exact) mass is 344 g/mol. The number of ether oxygens (including phenoxy) is 2. The van der Waals surface area contributed by atoms with Crippen LogP contribution in [0.15, 0.2) is 11.6 Å². The average Bonchev–Trinajstić information content (AvgIpc) is 2.89. The Morgan fingerprint density at radius 1 is 1.42 bits per heavy atom. The van der Waals surface area contributed by atoms with Gasteiger partial charge < -0.3 is 21.1 Å². The molecular weight excluding hydrogens is 323 g/mol. The normalized spacial score (nSPS) is 13.1. The van der Waals surface area contributed by atoms with Gasteiger partial charge in [-0.3, -0.25) is 4.79 Å². The molecule has 7 heteroatoms. The zero-order valence-corrected chi connectivity index (χ0v) is 16.4. The number of hydrogen-bond donors (Lipinski definition) is 2. The van der Waals surface area contributed by atoms with E-state index in [0.717, 1.165) is 11.1 Å². The molecule has 1 aromatic carbocycles. The summed E-state index contributed by atoms with van der Waals surface area (Å²) in [4.78, 5) is 22.4. The number of cyclic esters (lactones) is 1. The van der Waals surface area contributed by atoms with Crippen molar-refractivity contribution in [2.24, 2.45) is 0 Å². The van der Waals surface area contributed by atoms with Crippen LogP contribution in [0.2, 0.25) is 0 Å². The fraction of sp³-hybridized carbons (Fsp3) is 0.412. The molecule has 0 aliphatic carbocycles. The van der Waals surface area contributed by atoms with Gasteiger partial charge in [-0.2, -0.15) is 0 Å². The van der Waals surface area contributed by atoms with Gasteiger partial charge in [0.1, 0.15) is 23.7 Å². The quantitative estimate of drug-likeness (QED) is 0.424. The Morgan fingerprint density at radius 3 is 2.67 bits per heavy atom. The Kier molecular flexibility index (Phi) is 7.32. The second kappa shape index (κ2) is 8.55. The summed E-state index contributed by atoms with van der Waals surface area (Å²) in [5.41, 5.74) is 3.04. The van der Waals surface area contributed by atoms with Crippen molar-refractivity contribution in [3.63, 3.8) is 0 Å². The third-order valence-electron chi connectivity index (χ3n) is 4.04. The minimum atomic E-state index is -0.853. The van der Waals surface area contributed by atoms with Gasteiger partial charge in [-0.05, 0) is 32.3 Å². The smallest absolute Gasteiger partial charge is 1.00 e. The number of carbonyl (C=O) groups excluding carboxylic acids is 1. The molecule has 0 radical (unpaired) electrons. The number of fused-ring (bicyclic) bond motifs is 1. The van der Waals surface area contributed by atoms with Crippen LogP contribution in [0, 0.1) is 6.92 Å². The number of benzene rings is 1. The Labute approximate surface area is 164 Å². The van der Waals surface area contributed by atoms with Crippen molar-refractivity contribution < 1.29 is 60.3 Å². The molecule has 0 spiro atoms. The van der Waals surface area contributed by atoms with E-state index in [9.17, 15) is 14.7 Å². The van der Waals surface area contributed by atoms with Crippen LogP contribution in [0.25, 0.3) is 0 Å². The second-order valence-electron chi connectivity index (χ2n) is 5.56. The summed E-state index contributed by atoms with van der Waals surface area (Å²) in [6.45, 7) is 3.79. The summed E-state index contributed by atoms with van der Waals surface area (Å²) in [6, 6.07) is 0. The third-order valence-corrected chi connectivity index (χ3v) is 4.04. The van der Waals surface area contributed by atoms with E-state index in [0.29, 0.717) is 29.7 Å². The molecule has 0 amide bonds. The number of phenolic OH excluding ortho intramolecular Hbond substituents is 1.